The van der Waals surface area contributed by atoms with E-state index in [2.05, 4.69) is 20.9 Å². The number of aliphatic carboxylic acids is 2. The van der Waals surface area contributed by atoms with Gasteiger partial charge in [-0.2, -0.15) is 0 Å². The molecular formula is C23H35N7O8. The average molecular weight is 538 g/mol. The molecule has 0 fully saturated rings. The molecule has 4 atom stereocenters. The predicted molar refractivity (Wildman–Crippen MR) is 136 cm³/mol. The minimum atomic E-state index is -1.32. The van der Waals surface area contributed by atoms with Crippen LogP contribution in [0, 0.1) is 0 Å². The second-order valence-corrected chi connectivity index (χ2v) is 8.55. The van der Waals surface area contributed by atoms with E-state index in [9.17, 15) is 34.2 Å². The van der Waals surface area contributed by atoms with Crippen LogP contribution in [0.5, 0.6) is 5.75 Å². The number of carbonyl (C=O) groups excluding carboxylic acids is 3. The zero-order valence-corrected chi connectivity index (χ0v) is 20.9. The number of phenolic OH excluding ortho intramolecular Hbond substituents is 1. The molecule has 0 bridgehead atoms. The average Bonchev–Trinajstić information content (AvgIpc) is 2.83. The summed E-state index contributed by atoms with van der Waals surface area (Å²) in [4.78, 5) is 64.2. The van der Waals surface area contributed by atoms with Crippen molar-refractivity contribution in [1.29, 1.82) is 0 Å². The molecule has 0 saturated heterocycles. The lowest BCUT2D eigenvalue weighted by atomic mass is 10.0. The number of phenols is 1. The number of carboxylic acid groups (broad SMARTS) is 2. The van der Waals surface area contributed by atoms with Crippen LogP contribution < -0.4 is 33.2 Å². The predicted octanol–water partition coefficient (Wildman–Crippen LogP) is -2.26. The van der Waals surface area contributed by atoms with Crippen LogP contribution in [-0.2, 0) is 30.4 Å². The third kappa shape index (κ3) is 12.0. The lowest BCUT2D eigenvalue weighted by Gasteiger charge is -2.23. The maximum absolute atomic E-state index is 12.8. The highest BCUT2D eigenvalue weighted by atomic mass is 16.4. The van der Waals surface area contributed by atoms with Crippen LogP contribution in [0.1, 0.15) is 38.2 Å². The monoisotopic (exact) mass is 537 g/mol. The van der Waals surface area contributed by atoms with Crippen molar-refractivity contribution in [2.75, 3.05) is 6.54 Å². The van der Waals surface area contributed by atoms with E-state index in [1.165, 1.54) is 19.1 Å². The smallest absolute Gasteiger partial charge is 0.326 e. The Balaban J connectivity index is 2.78. The number of rotatable bonds is 16. The van der Waals surface area contributed by atoms with E-state index in [0.29, 0.717) is 5.56 Å². The van der Waals surface area contributed by atoms with Gasteiger partial charge in [0.05, 0.1) is 6.04 Å². The maximum Gasteiger partial charge on any atom is 0.326 e. The summed E-state index contributed by atoms with van der Waals surface area (Å²) >= 11 is 0. The van der Waals surface area contributed by atoms with Crippen molar-refractivity contribution in [2.45, 2.75) is 63.2 Å². The van der Waals surface area contributed by atoms with Crippen LogP contribution in [0.4, 0.5) is 0 Å². The molecule has 12 N–H and O–H groups in total. The third-order valence-electron chi connectivity index (χ3n) is 5.32. The minimum Gasteiger partial charge on any atom is -0.508 e. The number of carboxylic acids is 2. The fraction of sp³-hybridized carbons (Fsp3) is 0.478. The Labute approximate surface area is 218 Å². The zero-order valence-electron chi connectivity index (χ0n) is 20.9. The zero-order chi connectivity index (χ0) is 28.8. The van der Waals surface area contributed by atoms with Gasteiger partial charge in [0.1, 0.15) is 23.9 Å². The number of nitrogens with zero attached hydrogens (tertiary/aromatic N) is 1. The largest absolute Gasteiger partial charge is 0.508 e. The van der Waals surface area contributed by atoms with Crippen LogP contribution in [0.3, 0.4) is 0 Å². The Morgan fingerprint density at radius 2 is 1.50 bits per heavy atom. The van der Waals surface area contributed by atoms with E-state index in [1.807, 2.05) is 0 Å². The number of guanidine groups is 1. The molecule has 1 aromatic rings. The van der Waals surface area contributed by atoms with E-state index >= 15 is 0 Å². The highest BCUT2D eigenvalue weighted by molar-refractivity contribution is 5.94. The number of amides is 3. The number of nitrogens with two attached hydrogens (primary N) is 3. The first-order chi connectivity index (χ1) is 17.8. The molecule has 1 aromatic carbocycles. The molecule has 0 saturated carbocycles. The molecule has 210 valence electrons. The Morgan fingerprint density at radius 3 is 2.05 bits per heavy atom. The molecule has 3 amide bonds. The summed E-state index contributed by atoms with van der Waals surface area (Å²) < 4.78 is 0. The summed E-state index contributed by atoms with van der Waals surface area (Å²) in [7, 11) is 0. The second-order valence-electron chi connectivity index (χ2n) is 8.55. The molecule has 38 heavy (non-hydrogen) atoms. The van der Waals surface area contributed by atoms with Gasteiger partial charge in [-0.25, -0.2) is 4.79 Å². The molecule has 0 spiro atoms. The molecule has 1 rings (SSSR count). The molecular weight excluding hydrogens is 502 g/mol. The quantitative estimate of drug-likeness (QED) is 0.0616. The number of nitrogens with one attached hydrogen (secondary N) is 3. The van der Waals surface area contributed by atoms with Crippen molar-refractivity contribution in [3.8, 4) is 5.75 Å². The van der Waals surface area contributed by atoms with Crippen molar-refractivity contribution in [1.82, 2.24) is 16.0 Å². The number of aliphatic imine (C=N–C) groups is 1. The Kier molecular flexibility index (Phi) is 13.0. The van der Waals surface area contributed by atoms with E-state index < -0.39 is 60.2 Å². The fourth-order valence-corrected chi connectivity index (χ4v) is 3.23. The summed E-state index contributed by atoms with van der Waals surface area (Å²) in [6, 6.07) is 1.10. The first-order valence-corrected chi connectivity index (χ1v) is 11.7. The van der Waals surface area contributed by atoms with Crippen LogP contribution in [0.25, 0.3) is 0 Å². The highest BCUT2D eigenvalue weighted by Gasteiger charge is 2.28. The fourth-order valence-electron chi connectivity index (χ4n) is 3.23. The molecule has 0 aliphatic rings. The number of carbonyl (C=O) groups is 5. The van der Waals surface area contributed by atoms with Gasteiger partial charge in [-0.1, -0.05) is 12.1 Å². The topological polar surface area (TPSA) is 273 Å². The molecule has 0 aromatic heterocycles. The number of hydrogen-bond acceptors (Lipinski definition) is 8. The van der Waals surface area contributed by atoms with E-state index in [4.69, 9.17) is 22.3 Å². The second kappa shape index (κ2) is 15.7. The summed E-state index contributed by atoms with van der Waals surface area (Å²) in [6.45, 7) is 1.46. The van der Waals surface area contributed by atoms with Gasteiger partial charge in [0, 0.05) is 13.0 Å². The van der Waals surface area contributed by atoms with Crippen LogP contribution >= 0.6 is 0 Å². The van der Waals surface area contributed by atoms with E-state index in [0.717, 1.165) is 0 Å². The van der Waals surface area contributed by atoms with Gasteiger partial charge in [0.15, 0.2) is 5.96 Å². The maximum atomic E-state index is 12.8. The van der Waals surface area contributed by atoms with Crippen molar-refractivity contribution < 1.29 is 39.3 Å². The van der Waals surface area contributed by atoms with Gasteiger partial charge >= 0.3 is 11.9 Å². The summed E-state index contributed by atoms with van der Waals surface area (Å²) in [5, 5.41) is 34.8. The molecule has 4 unspecified atom stereocenters. The van der Waals surface area contributed by atoms with E-state index in [1.54, 1.807) is 12.1 Å². The van der Waals surface area contributed by atoms with Gasteiger partial charge in [-0.15, -0.1) is 0 Å². The van der Waals surface area contributed by atoms with Crippen LogP contribution in [-0.4, -0.2) is 81.7 Å². The number of aromatic hydroxyl groups is 1. The van der Waals surface area contributed by atoms with Crippen LogP contribution in [0.2, 0.25) is 0 Å². The first kappa shape index (κ1) is 31.6. The van der Waals surface area contributed by atoms with Gasteiger partial charge < -0.3 is 48.5 Å². The van der Waals surface area contributed by atoms with Crippen molar-refractivity contribution in [3.63, 3.8) is 0 Å². The first-order valence-electron chi connectivity index (χ1n) is 11.7. The van der Waals surface area contributed by atoms with E-state index in [-0.39, 0.29) is 43.9 Å². The molecule has 15 nitrogen and oxygen atoms in total. The molecule has 0 radical (unpaired) electrons. The molecule has 15 heteroatoms. The molecule has 0 aliphatic carbocycles. The lowest BCUT2D eigenvalue weighted by molar-refractivity contribution is -0.142. The van der Waals surface area contributed by atoms with Gasteiger partial charge in [0.2, 0.25) is 17.7 Å². The van der Waals surface area contributed by atoms with Gasteiger partial charge in [0.25, 0.3) is 0 Å². The highest BCUT2D eigenvalue weighted by Crippen LogP contribution is 2.11. The summed E-state index contributed by atoms with van der Waals surface area (Å²) in [5.74, 6) is -5.00. The normalized spacial score (nSPS) is 13.7. The Bertz CT molecular complexity index is 1010. The standard InChI is InChI=1S/C23H35N7O8/c1-12(19(34)30-17(22(37)38)3-2-10-27-23(25)26)28-21(36)16(8-9-18(32)33)29-20(35)15(24)11-13-4-6-14(31)7-5-13/h4-7,12,15-17,31H,2-3,8-11,24H2,1H3,(H,28,36)(H,29,35)(H,30,34)(H,32,33)(H,37,38)(H4,25,26,27). The lowest BCUT2D eigenvalue weighted by Crippen LogP contribution is -2.56. The SMILES string of the molecule is CC(NC(=O)C(CCC(=O)O)NC(=O)C(N)Cc1ccc(O)cc1)C(=O)NC(CCCN=C(N)N)C(=O)O. The van der Waals surface area contributed by atoms with Crippen molar-refractivity contribution in [2.24, 2.45) is 22.2 Å². The third-order valence-corrected chi connectivity index (χ3v) is 5.32. The Hall–Kier alpha value is -4.40. The van der Waals surface area contributed by atoms with Crippen LogP contribution in [0.15, 0.2) is 29.3 Å². The molecule has 0 aliphatic heterocycles. The molecule has 0 heterocycles. The summed E-state index contributed by atoms with van der Waals surface area (Å²) in [6.07, 6.45) is -0.366. The Morgan fingerprint density at radius 1 is 0.895 bits per heavy atom. The van der Waals surface area contributed by atoms with Crippen molar-refractivity contribution >= 4 is 35.6 Å². The van der Waals surface area contributed by atoms with Gasteiger partial charge in [-0.3, -0.25) is 24.2 Å². The minimum absolute atomic E-state index is 0.0226. The number of hydrogen-bond donors (Lipinski definition) is 9. The van der Waals surface area contributed by atoms with Gasteiger partial charge in [-0.05, 0) is 50.3 Å². The number of benzene rings is 1. The van der Waals surface area contributed by atoms with Crippen molar-refractivity contribution in [3.05, 3.63) is 29.8 Å². The summed E-state index contributed by atoms with van der Waals surface area (Å²) in [5.41, 5.74) is 17.0.